The second-order valence-corrected chi connectivity index (χ2v) is 7.44. The molecule has 4 rings (SSSR count). The second-order valence-electron chi connectivity index (χ2n) is 6.49. The second kappa shape index (κ2) is 6.96. The summed E-state index contributed by atoms with van der Waals surface area (Å²) >= 11 is 1.60. The number of carbonyl (C=O) groups is 1. The Hall–Kier alpha value is -2.60. The molecule has 3 aromatic rings. The third kappa shape index (κ3) is 3.24. The van der Waals surface area contributed by atoms with Gasteiger partial charge in [-0.3, -0.25) is 4.79 Å². The van der Waals surface area contributed by atoms with Gasteiger partial charge in [-0.1, -0.05) is 23.4 Å². The van der Waals surface area contributed by atoms with E-state index in [1.165, 1.54) is 0 Å². The van der Waals surface area contributed by atoms with Crippen LogP contribution in [0.2, 0.25) is 0 Å². The Bertz CT molecular complexity index is 880. The minimum atomic E-state index is -0.515. The van der Waals surface area contributed by atoms with Crippen molar-refractivity contribution in [2.45, 2.75) is 24.7 Å². The summed E-state index contributed by atoms with van der Waals surface area (Å²) in [5.74, 6) is 1.60. The summed E-state index contributed by atoms with van der Waals surface area (Å²) in [5, 5.41) is 9.22. The van der Waals surface area contributed by atoms with E-state index in [1.54, 1.807) is 18.4 Å². The van der Waals surface area contributed by atoms with E-state index >= 15 is 0 Å². The van der Waals surface area contributed by atoms with Gasteiger partial charge in [0.05, 0.1) is 23.1 Å². The number of ether oxygens (including phenoxy) is 1. The SMILES string of the molecule is COc1ccc(CCNC(=O)C2(c3cc(-c4cccs4)on3)CC2)cc1. The van der Waals surface area contributed by atoms with Crippen LogP contribution in [0.25, 0.3) is 10.6 Å². The standard InChI is InChI=1S/C20H20N2O3S/c1-24-15-6-4-14(5-7-15)8-11-21-19(23)20(9-10-20)18-13-16(25-22-18)17-3-2-12-26-17/h2-7,12-13H,8-11H2,1H3,(H,21,23). The van der Waals surface area contributed by atoms with Crippen LogP contribution in [-0.2, 0) is 16.6 Å². The van der Waals surface area contributed by atoms with Crippen LogP contribution < -0.4 is 10.1 Å². The molecule has 1 aliphatic rings. The molecule has 5 nitrogen and oxygen atoms in total. The predicted molar refractivity (Wildman–Crippen MR) is 100 cm³/mol. The molecule has 0 aliphatic heterocycles. The molecule has 2 aromatic heterocycles. The summed E-state index contributed by atoms with van der Waals surface area (Å²) in [5.41, 5.74) is 1.39. The van der Waals surface area contributed by atoms with Crippen LogP contribution in [0.4, 0.5) is 0 Å². The van der Waals surface area contributed by atoms with E-state index in [4.69, 9.17) is 9.26 Å². The minimum Gasteiger partial charge on any atom is -0.497 e. The van der Waals surface area contributed by atoms with Crippen molar-refractivity contribution in [1.82, 2.24) is 10.5 Å². The summed E-state index contributed by atoms with van der Waals surface area (Å²) in [6, 6.07) is 13.8. The van der Waals surface area contributed by atoms with Crippen molar-refractivity contribution in [3.05, 3.63) is 59.1 Å². The van der Waals surface area contributed by atoms with E-state index in [1.807, 2.05) is 47.8 Å². The maximum absolute atomic E-state index is 12.7. The number of aromatic nitrogens is 1. The molecule has 6 heteroatoms. The van der Waals surface area contributed by atoms with Crippen LogP contribution in [0, 0.1) is 0 Å². The van der Waals surface area contributed by atoms with Crippen molar-refractivity contribution in [3.63, 3.8) is 0 Å². The van der Waals surface area contributed by atoms with Crippen LogP contribution in [0.1, 0.15) is 24.1 Å². The number of thiophene rings is 1. The van der Waals surface area contributed by atoms with Crippen LogP contribution in [0.3, 0.4) is 0 Å². The van der Waals surface area contributed by atoms with Crippen molar-refractivity contribution in [3.8, 4) is 16.4 Å². The first-order chi connectivity index (χ1) is 12.7. The van der Waals surface area contributed by atoms with Gasteiger partial charge in [-0.25, -0.2) is 0 Å². The van der Waals surface area contributed by atoms with Crippen LogP contribution >= 0.6 is 11.3 Å². The molecular formula is C20H20N2O3S. The maximum Gasteiger partial charge on any atom is 0.232 e. The highest BCUT2D eigenvalue weighted by molar-refractivity contribution is 7.13. The Labute approximate surface area is 156 Å². The lowest BCUT2D eigenvalue weighted by atomic mass is 10.0. The lowest BCUT2D eigenvalue weighted by Crippen LogP contribution is -2.36. The van der Waals surface area contributed by atoms with Crippen LogP contribution in [0.15, 0.2) is 52.4 Å². The Morgan fingerprint density at radius 1 is 1.31 bits per heavy atom. The zero-order valence-electron chi connectivity index (χ0n) is 14.5. The van der Waals surface area contributed by atoms with E-state index in [2.05, 4.69) is 10.5 Å². The van der Waals surface area contributed by atoms with Crippen LogP contribution in [-0.4, -0.2) is 24.7 Å². The Morgan fingerprint density at radius 3 is 2.77 bits per heavy atom. The molecule has 134 valence electrons. The number of hydrogen-bond acceptors (Lipinski definition) is 5. The number of methoxy groups -OCH3 is 1. The number of benzene rings is 1. The van der Waals surface area contributed by atoms with Crippen molar-refractivity contribution < 1.29 is 14.1 Å². The third-order valence-corrected chi connectivity index (χ3v) is 5.69. The van der Waals surface area contributed by atoms with Crippen molar-refractivity contribution in [2.75, 3.05) is 13.7 Å². The molecule has 1 saturated carbocycles. The molecule has 1 amide bonds. The van der Waals surface area contributed by atoms with Gasteiger partial charge < -0.3 is 14.6 Å². The van der Waals surface area contributed by atoms with Gasteiger partial charge in [0, 0.05) is 12.6 Å². The van der Waals surface area contributed by atoms with E-state index in [9.17, 15) is 4.79 Å². The molecule has 0 spiro atoms. The summed E-state index contributed by atoms with van der Waals surface area (Å²) in [7, 11) is 1.65. The minimum absolute atomic E-state index is 0.0389. The smallest absolute Gasteiger partial charge is 0.232 e. The average Bonchev–Trinajstić information content (AvgIpc) is 3.09. The predicted octanol–water partition coefficient (Wildman–Crippen LogP) is 3.80. The molecule has 26 heavy (non-hydrogen) atoms. The molecule has 0 atom stereocenters. The van der Waals surface area contributed by atoms with E-state index in [-0.39, 0.29) is 5.91 Å². The Kier molecular flexibility index (Phi) is 4.51. The van der Waals surface area contributed by atoms with Gasteiger partial charge in [0.15, 0.2) is 5.76 Å². The van der Waals surface area contributed by atoms with Gasteiger partial charge in [-0.2, -0.15) is 0 Å². The molecule has 0 unspecified atom stereocenters. The zero-order chi connectivity index (χ0) is 18.0. The summed E-state index contributed by atoms with van der Waals surface area (Å²) in [6.45, 7) is 0.600. The Balaban J connectivity index is 1.36. The molecule has 2 heterocycles. The molecule has 1 fully saturated rings. The normalized spacial score (nSPS) is 14.8. The highest BCUT2D eigenvalue weighted by Gasteiger charge is 2.53. The lowest BCUT2D eigenvalue weighted by molar-refractivity contribution is -0.123. The Morgan fingerprint density at radius 2 is 2.12 bits per heavy atom. The highest BCUT2D eigenvalue weighted by Crippen LogP contribution is 2.48. The first kappa shape index (κ1) is 16.8. The van der Waals surface area contributed by atoms with Gasteiger partial charge in [0.25, 0.3) is 0 Å². The molecule has 0 saturated heterocycles. The fraction of sp³-hybridized carbons (Fsp3) is 0.300. The number of carbonyl (C=O) groups excluding carboxylic acids is 1. The van der Waals surface area contributed by atoms with Gasteiger partial charge in [-0.05, 0) is 48.4 Å². The fourth-order valence-electron chi connectivity index (χ4n) is 3.04. The topological polar surface area (TPSA) is 64.4 Å². The van der Waals surface area contributed by atoms with Crippen molar-refractivity contribution in [2.24, 2.45) is 0 Å². The largest absolute Gasteiger partial charge is 0.497 e. The number of hydrogen-bond donors (Lipinski definition) is 1. The number of rotatable bonds is 7. The van der Waals surface area contributed by atoms with E-state index in [0.717, 1.165) is 46.9 Å². The third-order valence-electron chi connectivity index (χ3n) is 4.81. The quantitative estimate of drug-likeness (QED) is 0.689. The van der Waals surface area contributed by atoms with E-state index < -0.39 is 5.41 Å². The van der Waals surface area contributed by atoms with Crippen molar-refractivity contribution in [1.29, 1.82) is 0 Å². The molecule has 1 aliphatic carbocycles. The number of nitrogens with one attached hydrogen (secondary N) is 1. The first-order valence-corrected chi connectivity index (χ1v) is 9.51. The molecular weight excluding hydrogens is 348 g/mol. The van der Waals surface area contributed by atoms with Gasteiger partial charge in [0.1, 0.15) is 5.75 Å². The first-order valence-electron chi connectivity index (χ1n) is 8.63. The average molecular weight is 368 g/mol. The zero-order valence-corrected chi connectivity index (χ0v) is 15.3. The van der Waals surface area contributed by atoms with Crippen molar-refractivity contribution >= 4 is 17.2 Å². The summed E-state index contributed by atoms with van der Waals surface area (Å²) in [4.78, 5) is 13.7. The molecule has 1 aromatic carbocycles. The monoisotopic (exact) mass is 368 g/mol. The molecule has 0 radical (unpaired) electrons. The number of nitrogens with zero attached hydrogens (tertiary/aromatic N) is 1. The molecule has 1 N–H and O–H groups in total. The van der Waals surface area contributed by atoms with Crippen LogP contribution in [0.5, 0.6) is 5.75 Å². The van der Waals surface area contributed by atoms with Gasteiger partial charge in [0.2, 0.25) is 5.91 Å². The summed E-state index contributed by atoms with van der Waals surface area (Å²) in [6.07, 6.45) is 2.42. The van der Waals surface area contributed by atoms with E-state index in [0.29, 0.717) is 6.54 Å². The van der Waals surface area contributed by atoms with Gasteiger partial charge >= 0.3 is 0 Å². The molecule has 0 bridgehead atoms. The highest BCUT2D eigenvalue weighted by atomic mass is 32.1. The lowest BCUT2D eigenvalue weighted by Gasteiger charge is -2.12. The van der Waals surface area contributed by atoms with Gasteiger partial charge in [-0.15, -0.1) is 11.3 Å². The number of amides is 1. The fourth-order valence-corrected chi connectivity index (χ4v) is 3.72. The maximum atomic E-state index is 12.7. The summed E-state index contributed by atoms with van der Waals surface area (Å²) < 4.78 is 10.6.